The highest BCUT2D eigenvalue weighted by Crippen LogP contribution is 2.32. The van der Waals surface area contributed by atoms with Gasteiger partial charge in [-0.2, -0.15) is 0 Å². The highest BCUT2D eigenvalue weighted by atomic mass is 35.5. The summed E-state index contributed by atoms with van der Waals surface area (Å²) in [4.78, 5) is 12.4. The smallest absolute Gasteiger partial charge is 0.237 e. The average Bonchev–Trinajstić information content (AvgIpc) is 3.04. The monoisotopic (exact) mass is 442 g/mol. The van der Waals surface area contributed by atoms with Crippen LogP contribution in [0.5, 0.6) is 0 Å². The number of nitrogens with one attached hydrogen (secondary N) is 2. The van der Waals surface area contributed by atoms with Crippen molar-refractivity contribution in [2.24, 2.45) is 0 Å². The predicted molar refractivity (Wildman–Crippen MR) is 110 cm³/mol. The summed E-state index contributed by atoms with van der Waals surface area (Å²) in [5, 5.41) is 14.7. The summed E-state index contributed by atoms with van der Waals surface area (Å²) in [5.74, 6) is -0.565. The van der Waals surface area contributed by atoms with Gasteiger partial charge in [0.05, 0.1) is 16.0 Å². The van der Waals surface area contributed by atoms with Gasteiger partial charge in [0, 0.05) is 10.7 Å². The molecule has 0 spiro atoms. The molecule has 0 saturated carbocycles. The average molecular weight is 443 g/mol. The number of nitrogens with zero attached hydrogens (tertiary/aromatic N) is 2. The second kappa shape index (κ2) is 8.88. The minimum absolute atomic E-state index is 0.223. The van der Waals surface area contributed by atoms with Crippen molar-refractivity contribution in [3.05, 3.63) is 58.3 Å². The van der Waals surface area contributed by atoms with Gasteiger partial charge in [0.1, 0.15) is 5.82 Å². The fraction of sp³-hybridized carbons (Fsp3) is 0.118. The number of aromatic nitrogens is 2. The molecule has 0 fully saturated rings. The van der Waals surface area contributed by atoms with Gasteiger partial charge in [0.25, 0.3) is 0 Å². The molecular formula is C17H13Cl2FN4OS2. The first-order chi connectivity index (χ1) is 12.9. The summed E-state index contributed by atoms with van der Waals surface area (Å²) in [5.41, 5.74) is 1.06. The van der Waals surface area contributed by atoms with Crippen molar-refractivity contribution in [3.63, 3.8) is 0 Å². The molecule has 1 amide bonds. The number of amides is 1. The number of thioether (sulfide) groups is 1. The third kappa shape index (κ3) is 5.55. The fourth-order valence-electron chi connectivity index (χ4n) is 2.03. The number of carbonyl (C=O) groups is 1. The lowest BCUT2D eigenvalue weighted by Gasteiger charge is -2.11. The normalized spacial score (nSPS) is 11.9. The molecule has 0 aliphatic heterocycles. The Hall–Kier alpha value is -1.87. The minimum atomic E-state index is -0.424. The van der Waals surface area contributed by atoms with Crippen LogP contribution in [0.2, 0.25) is 10.0 Å². The zero-order valence-electron chi connectivity index (χ0n) is 13.9. The second-order valence-electron chi connectivity index (χ2n) is 5.38. The van der Waals surface area contributed by atoms with E-state index in [0.717, 1.165) is 0 Å². The second-order valence-corrected chi connectivity index (χ2v) is 8.79. The number of hydrogen-bond acceptors (Lipinski definition) is 6. The standard InChI is InChI=1S/C17H13Cl2FN4OS2/c1-9(15(25)22-14-6-5-10(18)7-13(14)19)26-17-24-23-16(27-17)21-12-4-2-3-11(20)8-12/h2-9H,1H3,(H,21,23)(H,22,25). The van der Waals surface area contributed by atoms with Crippen LogP contribution in [0.15, 0.2) is 46.8 Å². The molecule has 0 radical (unpaired) electrons. The molecule has 1 heterocycles. The van der Waals surface area contributed by atoms with Crippen LogP contribution in [0, 0.1) is 5.82 Å². The first kappa shape index (κ1) is 19.9. The van der Waals surface area contributed by atoms with Crippen LogP contribution in [0.1, 0.15) is 6.92 Å². The molecular weight excluding hydrogens is 430 g/mol. The van der Waals surface area contributed by atoms with Gasteiger partial charge in [-0.05, 0) is 43.3 Å². The summed E-state index contributed by atoms with van der Waals surface area (Å²) < 4.78 is 13.8. The van der Waals surface area contributed by atoms with Crippen LogP contribution < -0.4 is 10.6 Å². The minimum Gasteiger partial charge on any atom is -0.330 e. The molecule has 1 unspecified atom stereocenters. The largest absolute Gasteiger partial charge is 0.330 e. The molecule has 3 aromatic rings. The van der Waals surface area contributed by atoms with Gasteiger partial charge in [-0.15, -0.1) is 10.2 Å². The maximum absolute atomic E-state index is 13.2. The van der Waals surface area contributed by atoms with Crippen LogP contribution >= 0.6 is 46.3 Å². The lowest BCUT2D eigenvalue weighted by Crippen LogP contribution is -2.22. The van der Waals surface area contributed by atoms with Crippen LogP contribution in [0.3, 0.4) is 0 Å². The van der Waals surface area contributed by atoms with E-state index in [0.29, 0.717) is 30.9 Å². The van der Waals surface area contributed by atoms with E-state index in [1.807, 2.05) is 0 Å². The molecule has 140 valence electrons. The number of carbonyl (C=O) groups excluding carboxylic acids is 1. The number of benzene rings is 2. The highest BCUT2D eigenvalue weighted by molar-refractivity contribution is 8.02. The SMILES string of the molecule is CC(Sc1nnc(Nc2cccc(F)c2)s1)C(=O)Nc1ccc(Cl)cc1Cl. The van der Waals surface area contributed by atoms with Crippen molar-refractivity contribution >= 4 is 68.7 Å². The van der Waals surface area contributed by atoms with Crippen LogP contribution in [-0.4, -0.2) is 21.4 Å². The number of rotatable bonds is 6. The summed E-state index contributed by atoms with van der Waals surface area (Å²) in [7, 11) is 0. The topological polar surface area (TPSA) is 66.9 Å². The van der Waals surface area contributed by atoms with E-state index < -0.39 is 5.25 Å². The Balaban J connectivity index is 1.59. The molecule has 2 aromatic carbocycles. The first-order valence-electron chi connectivity index (χ1n) is 7.69. The van der Waals surface area contributed by atoms with Gasteiger partial charge in [-0.25, -0.2) is 4.39 Å². The van der Waals surface area contributed by atoms with E-state index >= 15 is 0 Å². The van der Waals surface area contributed by atoms with Gasteiger partial charge in [-0.3, -0.25) is 4.79 Å². The number of hydrogen-bond donors (Lipinski definition) is 2. The van der Waals surface area contributed by atoms with Crippen LogP contribution in [0.25, 0.3) is 0 Å². The first-order valence-corrected chi connectivity index (χ1v) is 10.1. The Morgan fingerprint density at radius 3 is 2.78 bits per heavy atom. The lowest BCUT2D eigenvalue weighted by molar-refractivity contribution is -0.115. The van der Waals surface area contributed by atoms with Gasteiger partial charge in [0.2, 0.25) is 11.0 Å². The molecule has 1 atom stereocenters. The Bertz CT molecular complexity index is 970. The molecule has 3 rings (SSSR count). The third-order valence-corrected chi connectivity index (χ3v) is 5.89. The van der Waals surface area contributed by atoms with Gasteiger partial charge in [-0.1, -0.05) is 52.4 Å². The van der Waals surface area contributed by atoms with Crippen LogP contribution in [0.4, 0.5) is 20.9 Å². The molecule has 0 bridgehead atoms. The zero-order valence-corrected chi connectivity index (χ0v) is 17.0. The van der Waals surface area contributed by atoms with Crippen molar-refractivity contribution in [1.29, 1.82) is 0 Å². The Morgan fingerprint density at radius 1 is 1.22 bits per heavy atom. The number of anilines is 3. The Labute approximate surface area is 173 Å². The summed E-state index contributed by atoms with van der Waals surface area (Å²) >= 11 is 14.5. The molecule has 5 nitrogen and oxygen atoms in total. The van der Waals surface area contributed by atoms with E-state index in [2.05, 4.69) is 20.8 Å². The quantitative estimate of drug-likeness (QED) is 0.468. The zero-order chi connectivity index (χ0) is 19.4. The van der Waals surface area contributed by atoms with Crippen LogP contribution in [-0.2, 0) is 4.79 Å². The van der Waals surface area contributed by atoms with Crippen molar-refractivity contribution < 1.29 is 9.18 Å². The molecule has 0 aliphatic rings. The van der Waals surface area contributed by atoms with Crippen molar-refractivity contribution in [2.45, 2.75) is 16.5 Å². The highest BCUT2D eigenvalue weighted by Gasteiger charge is 2.18. The maximum Gasteiger partial charge on any atom is 0.237 e. The Morgan fingerprint density at radius 2 is 2.04 bits per heavy atom. The Kier molecular flexibility index (Phi) is 6.54. The van der Waals surface area contributed by atoms with E-state index in [1.54, 1.807) is 37.3 Å². The van der Waals surface area contributed by atoms with Crippen molar-refractivity contribution in [1.82, 2.24) is 10.2 Å². The van der Waals surface area contributed by atoms with E-state index in [4.69, 9.17) is 23.2 Å². The van der Waals surface area contributed by atoms with E-state index in [-0.39, 0.29) is 11.7 Å². The van der Waals surface area contributed by atoms with Gasteiger partial charge >= 0.3 is 0 Å². The fourth-order valence-corrected chi connectivity index (χ4v) is 4.40. The molecule has 0 aliphatic carbocycles. The number of halogens is 3. The molecule has 2 N–H and O–H groups in total. The summed E-state index contributed by atoms with van der Waals surface area (Å²) in [6.45, 7) is 1.75. The molecule has 27 heavy (non-hydrogen) atoms. The molecule has 0 saturated heterocycles. The predicted octanol–water partition coefficient (Wildman–Crippen LogP) is 5.85. The lowest BCUT2D eigenvalue weighted by atomic mass is 10.3. The summed E-state index contributed by atoms with van der Waals surface area (Å²) in [6.07, 6.45) is 0. The van der Waals surface area contributed by atoms with Crippen molar-refractivity contribution in [3.8, 4) is 0 Å². The maximum atomic E-state index is 13.2. The van der Waals surface area contributed by atoms with E-state index in [9.17, 15) is 9.18 Å². The van der Waals surface area contributed by atoms with Gasteiger partial charge in [0.15, 0.2) is 4.34 Å². The molecule has 10 heteroatoms. The summed E-state index contributed by atoms with van der Waals surface area (Å²) in [6, 6.07) is 10.9. The van der Waals surface area contributed by atoms with Gasteiger partial charge < -0.3 is 10.6 Å². The molecule has 1 aromatic heterocycles. The van der Waals surface area contributed by atoms with E-state index in [1.165, 1.54) is 35.2 Å². The van der Waals surface area contributed by atoms with Crippen molar-refractivity contribution in [2.75, 3.05) is 10.6 Å². The third-order valence-electron chi connectivity index (χ3n) is 3.32.